The van der Waals surface area contributed by atoms with Gasteiger partial charge in [0.15, 0.2) is 6.61 Å². The van der Waals surface area contributed by atoms with Crippen molar-refractivity contribution in [3.05, 3.63) is 0 Å². The van der Waals surface area contributed by atoms with E-state index in [4.69, 9.17) is 13.7 Å². The molecular weight excluding hydrogens is 312 g/mol. The molecule has 1 saturated heterocycles. The molecule has 0 aromatic carbocycles. The molecule has 0 spiro atoms. The molecule has 0 aromatic heterocycles. The van der Waals surface area contributed by atoms with E-state index in [9.17, 15) is 18.0 Å². The van der Waals surface area contributed by atoms with Gasteiger partial charge in [-0.1, -0.05) is 13.8 Å². The van der Waals surface area contributed by atoms with Crippen molar-refractivity contribution in [2.24, 2.45) is 17.8 Å². The van der Waals surface area contributed by atoms with Gasteiger partial charge < -0.3 is 9.47 Å². The highest BCUT2D eigenvalue weighted by molar-refractivity contribution is 7.87. The molecule has 2 bridgehead atoms. The lowest BCUT2D eigenvalue weighted by molar-refractivity contribution is -0.168. The van der Waals surface area contributed by atoms with Crippen LogP contribution in [0.25, 0.3) is 0 Å². The Morgan fingerprint density at radius 3 is 2.73 bits per heavy atom. The monoisotopic (exact) mass is 332 g/mol. The minimum atomic E-state index is -3.52. The summed E-state index contributed by atoms with van der Waals surface area (Å²) < 4.78 is 38.9. The highest BCUT2D eigenvalue weighted by atomic mass is 32.2. The number of rotatable bonds is 5. The summed E-state index contributed by atoms with van der Waals surface area (Å²) in [6.45, 7) is 3.13. The molecule has 0 N–H and O–H groups in total. The fourth-order valence-corrected chi connectivity index (χ4v) is 5.55. The van der Waals surface area contributed by atoms with Gasteiger partial charge >= 0.3 is 11.9 Å². The Bertz CT molecular complexity index is 584. The first-order chi connectivity index (χ1) is 10.3. The molecule has 7 nitrogen and oxygen atoms in total. The molecule has 1 aliphatic heterocycles. The first kappa shape index (κ1) is 15.7. The first-order valence-corrected chi connectivity index (χ1v) is 9.08. The van der Waals surface area contributed by atoms with E-state index >= 15 is 0 Å². The van der Waals surface area contributed by atoms with E-state index in [1.807, 2.05) is 6.92 Å². The third-order valence-corrected chi connectivity index (χ3v) is 6.80. The summed E-state index contributed by atoms with van der Waals surface area (Å²) in [5.74, 6) is -1.41. The Hall–Kier alpha value is -1.15. The van der Waals surface area contributed by atoms with Gasteiger partial charge in [-0.25, -0.2) is 4.79 Å². The second-order valence-corrected chi connectivity index (χ2v) is 8.14. The third-order valence-electron chi connectivity index (χ3n) is 5.03. The summed E-state index contributed by atoms with van der Waals surface area (Å²) in [7, 11) is -3.52. The maximum Gasteiger partial charge on any atom is 0.344 e. The van der Waals surface area contributed by atoms with Crippen LogP contribution in [0, 0.1) is 17.8 Å². The Morgan fingerprint density at radius 1 is 1.32 bits per heavy atom. The molecule has 8 heteroatoms. The number of hydrogen-bond donors (Lipinski definition) is 0. The second-order valence-electron chi connectivity index (χ2n) is 6.36. The molecule has 3 rings (SSSR count). The predicted octanol–water partition coefficient (Wildman–Crippen LogP) is 0.625. The van der Waals surface area contributed by atoms with Crippen LogP contribution in [0.4, 0.5) is 0 Å². The van der Waals surface area contributed by atoms with Crippen molar-refractivity contribution in [3.63, 3.8) is 0 Å². The van der Waals surface area contributed by atoms with E-state index in [1.54, 1.807) is 6.92 Å². The number of fused-ring (bicyclic) bond motifs is 1. The van der Waals surface area contributed by atoms with Gasteiger partial charge in [0.2, 0.25) is 0 Å². The van der Waals surface area contributed by atoms with Gasteiger partial charge in [-0.2, -0.15) is 8.42 Å². The summed E-state index contributed by atoms with van der Waals surface area (Å²) in [6, 6.07) is 0. The molecule has 2 saturated carbocycles. The zero-order chi connectivity index (χ0) is 16.1. The van der Waals surface area contributed by atoms with Crippen LogP contribution in [0.1, 0.15) is 33.1 Å². The van der Waals surface area contributed by atoms with E-state index in [0.717, 1.165) is 0 Å². The lowest BCUT2D eigenvalue weighted by atomic mass is 9.94. The van der Waals surface area contributed by atoms with Crippen LogP contribution < -0.4 is 0 Å². The number of esters is 2. The van der Waals surface area contributed by atoms with Gasteiger partial charge in [0.25, 0.3) is 10.1 Å². The van der Waals surface area contributed by atoms with E-state index in [1.165, 1.54) is 0 Å². The highest BCUT2D eigenvalue weighted by Gasteiger charge is 2.65. The summed E-state index contributed by atoms with van der Waals surface area (Å²) >= 11 is 0. The number of carbonyl (C=O) groups excluding carboxylic acids is 2. The Balaban J connectivity index is 1.55. The highest BCUT2D eigenvalue weighted by Crippen LogP contribution is 2.55. The van der Waals surface area contributed by atoms with Gasteiger partial charge in [0, 0.05) is 11.8 Å². The molecule has 6 unspecified atom stereocenters. The summed E-state index contributed by atoms with van der Waals surface area (Å²) in [6.07, 6.45) is 0.708. The van der Waals surface area contributed by atoms with Crippen molar-refractivity contribution >= 4 is 22.1 Å². The average Bonchev–Trinajstić information content (AvgIpc) is 3.08. The third kappa shape index (κ3) is 2.52. The smallest absolute Gasteiger partial charge is 0.344 e. The zero-order valence-electron chi connectivity index (χ0n) is 12.6. The summed E-state index contributed by atoms with van der Waals surface area (Å²) in [5, 5.41) is -0.444. The van der Waals surface area contributed by atoms with Crippen LogP contribution >= 0.6 is 0 Å². The lowest BCUT2D eigenvalue weighted by Gasteiger charge is -2.24. The molecule has 6 atom stereocenters. The second kappa shape index (κ2) is 5.49. The molecule has 0 amide bonds. The fourth-order valence-electron chi connectivity index (χ4n) is 3.67. The van der Waals surface area contributed by atoms with Gasteiger partial charge in [0.05, 0.1) is 11.2 Å². The maximum absolute atomic E-state index is 11.8. The molecule has 3 fully saturated rings. The van der Waals surface area contributed by atoms with Crippen molar-refractivity contribution in [2.45, 2.75) is 50.6 Å². The predicted molar refractivity (Wildman–Crippen MR) is 74.1 cm³/mol. The number of hydrogen-bond acceptors (Lipinski definition) is 7. The standard InChI is InChI=1S/C14H20O7S/c1-3-7(2)14(16)19-6-11(15)20-12-8-4-9-10(5-8)22(17,18)21-13(9)12/h7-10,12-13H,3-6H2,1-2H3. The minimum absolute atomic E-state index is 0.0199. The largest absolute Gasteiger partial charge is 0.457 e. The van der Waals surface area contributed by atoms with Crippen molar-refractivity contribution in [2.75, 3.05) is 6.61 Å². The van der Waals surface area contributed by atoms with E-state index in [-0.39, 0.29) is 17.8 Å². The molecule has 124 valence electrons. The first-order valence-electron chi connectivity index (χ1n) is 7.61. The SMILES string of the molecule is CCC(C)C(=O)OCC(=O)OC1C2CC3C1OS(=O)(=O)C3C2. The topological polar surface area (TPSA) is 96.0 Å². The van der Waals surface area contributed by atoms with E-state index < -0.39 is 46.1 Å². The van der Waals surface area contributed by atoms with Crippen molar-refractivity contribution in [1.82, 2.24) is 0 Å². The fraction of sp³-hybridized carbons (Fsp3) is 0.857. The zero-order valence-corrected chi connectivity index (χ0v) is 13.4. The van der Waals surface area contributed by atoms with Crippen LogP contribution in [-0.2, 0) is 33.4 Å². The minimum Gasteiger partial charge on any atom is -0.457 e. The normalized spacial score (nSPS) is 38.7. The molecule has 0 radical (unpaired) electrons. The van der Waals surface area contributed by atoms with Gasteiger partial charge in [0.1, 0.15) is 12.2 Å². The molecule has 2 aliphatic carbocycles. The quantitative estimate of drug-likeness (QED) is 0.538. The molecule has 3 aliphatic rings. The van der Waals surface area contributed by atoms with Crippen molar-refractivity contribution < 1.29 is 31.7 Å². The summed E-state index contributed by atoms with van der Waals surface area (Å²) in [5.41, 5.74) is 0. The van der Waals surface area contributed by atoms with Crippen LogP contribution in [-0.4, -0.2) is 44.4 Å². The van der Waals surface area contributed by atoms with Crippen LogP contribution in [0.3, 0.4) is 0 Å². The molecule has 1 heterocycles. The van der Waals surface area contributed by atoms with Crippen LogP contribution in [0.15, 0.2) is 0 Å². The van der Waals surface area contributed by atoms with Gasteiger partial charge in [-0.15, -0.1) is 0 Å². The summed E-state index contributed by atoms with van der Waals surface area (Å²) in [4.78, 5) is 23.3. The average molecular weight is 332 g/mol. The van der Waals surface area contributed by atoms with Crippen molar-refractivity contribution in [1.29, 1.82) is 0 Å². The number of ether oxygens (including phenoxy) is 2. The van der Waals surface area contributed by atoms with Crippen LogP contribution in [0.5, 0.6) is 0 Å². The molecular formula is C14H20O7S. The van der Waals surface area contributed by atoms with Gasteiger partial charge in [-0.05, 0) is 19.3 Å². The maximum atomic E-state index is 11.8. The Labute approximate surface area is 129 Å². The Kier molecular flexibility index (Phi) is 3.92. The van der Waals surface area contributed by atoms with E-state index in [2.05, 4.69) is 0 Å². The van der Waals surface area contributed by atoms with Crippen molar-refractivity contribution in [3.8, 4) is 0 Å². The van der Waals surface area contributed by atoms with Gasteiger partial charge in [-0.3, -0.25) is 8.98 Å². The van der Waals surface area contributed by atoms with E-state index in [0.29, 0.717) is 19.3 Å². The molecule has 22 heavy (non-hydrogen) atoms. The Morgan fingerprint density at radius 2 is 2.05 bits per heavy atom. The lowest BCUT2D eigenvalue weighted by Crippen LogP contribution is -2.38. The van der Waals surface area contributed by atoms with Crippen LogP contribution in [0.2, 0.25) is 0 Å². The molecule has 0 aromatic rings. The number of carbonyl (C=O) groups is 2.